The second-order valence-electron chi connectivity index (χ2n) is 7.34. The van der Waals surface area contributed by atoms with Crippen LogP contribution in [0.2, 0.25) is 0 Å². The number of furan rings is 1. The van der Waals surface area contributed by atoms with E-state index in [1.807, 2.05) is 36.4 Å². The van der Waals surface area contributed by atoms with E-state index < -0.39 is 16.1 Å². The molecular weight excluding hydrogens is 428 g/mol. The Balaban J connectivity index is 1.42. The van der Waals surface area contributed by atoms with E-state index >= 15 is 0 Å². The highest BCUT2D eigenvalue weighted by molar-refractivity contribution is 7.89. The minimum absolute atomic E-state index is 0.136. The van der Waals surface area contributed by atoms with E-state index in [0.29, 0.717) is 11.3 Å². The highest BCUT2D eigenvalue weighted by Gasteiger charge is 2.31. The number of amides is 2. The zero-order chi connectivity index (χ0) is 22.6. The van der Waals surface area contributed by atoms with E-state index in [1.165, 1.54) is 28.6 Å². The van der Waals surface area contributed by atoms with E-state index in [-0.39, 0.29) is 37.1 Å². The van der Waals surface area contributed by atoms with E-state index in [4.69, 9.17) is 9.68 Å². The maximum atomic E-state index is 12.9. The predicted molar refractivity (Wildman–Crippen MR) is 117 cm³/mol. The fourth-order valence-corrected chi connectivity index (χ4v) is 5.04. The number of nitriles is 1. The molecule has 32 heavy (non-hydrogen) atoms. The van der Waals surface area contributed by atoms with E-state index in [2.05, 4.69) is 5.32 Å². The molecule has 4 rings (SSSR count). The Morgan fingerprint density at radius 1 is 0.969 bits per heavy atom. The maximum absolute atomic E-state index is 12.9. The lowest BCUT2D eigenvalue weighted by atomic mass is 10.0. The Kier molecular flexibility index (Phi) is 6.25. The second-order valence-corrected chi connectivity index (χ2v) is 9.27. The molecule has 0 spiro atoms. The zero-order valence-corrected chi connectivity index (χ0v) is 18.0. The van der Waals surface area contributed by atoms with Gasteiger partial charge in [0.15, 0.2) is 0 Å². The first-order chi connectivity index (χ1) is 15.5. The van der Waals surface area contributed by atoms with Crippen molar-refractivity contribution >= 4 is 16.1 Å². The van der Waals surface area contributed by atoms with Crippen molar-refractivity contribution in [3.8, 4) is 6.07 Å². The molecule has 1 fully saturated rings. The molecule has 1 atom stereocenters. The Labute approximate surface area is 186 Å². The smallest absolute Gasteiger partial charge is 0.318 e. The van der Waals surface area contributed by atoms with Crippen molar-refractivity contribution in [2.24, 2.45) is 0 Å². The van der Waals surface area contributed by atoms with Crippen LogP contribution in [-0.2, 0) is 10.0 Å². The molecule has 164 valence electrons. The van der Waals surface area contributed by atoms with Crippen LogP contribution in [0.15, 0.2) is 82.3 Å². The van der Waals surface area contributed by atoms with Crippen molar-refractivity contribution in [3.63, 3.8) is 0 Å². The molecule has 1 aromatic heterocycles. The highest BCUT2D eigenvalue weighted by atomic mass is 32.2. The van der Waals surface area contributed by atoms with Gasteiger partial charge < -0.3 is 14.6 Å². The standard InChI is InChI=1S/C23H22N4O4S/c24-17-18-8-10-20(11-9-18)32(29,30)27-14-12-26(13-15-27)23(28)25-22(21-7-4-16-31-21)19-5-2-1-3-6-19/h1-11,16,22H,12-15H2,(H,25,28). The van der Waals surface area contributed by atoms with Crippen molar-refractivity contribution in [1.82, 2.24) is 14.5 Å². The van der Waals surface area contributed by atoms with Gasteiger partial charge >= 0.3 is 6.03 Å². The van der Waals surface area contributed by atoms with Crippen LogP contribution in [0.5, 0.6) is 0 Å². The van der Waals surface area contributed by atoms with Gasteiger partial charge in [-0.2, -0.15) is 9.57 Å². The molecule has 2 heterocycles. The summed E-state index contributed by atoms with van der Waals surface area (Å²) in [5.74, 6) is 0.617. The van der Waals surface area contributed by atoms with Crippen molar-refractivity contribution in [2.45, 2.75) is 10.9 Å². The number of carbonyl (C=O) groups is 1. The van der Waals surface area contributed by atoms with E-state index in [0.717, 1.165) is 5.56 Å². The molecule has 8 nitrogen and oxygen atoms in total. The number of piperazine rings is 1. The third-order valence-corrected chi connectivity index (χ3v) is 7.29. The molecule has 1 aliphatic rings. The van der Waals surface area contributed by atoms with Gasteiger partial charge in [-0.3, -0.25) is 0 Å². The highest BCUT2D eigenvalue weighted by Crippen LogP contribution is 2.23. The molecule has 9 heteroatoms. The summed E-state index contributed by atoms with van der Waals surface area (Å²) < 4.78 is 32.7. The van der Waals surface area contributed by atoms with Crippen LogP contribution in [0, 0.1) is 11.3 Å². The van der Waals surface area contributed by atoms with Crippen LogP contribution in [0.3, 0.4) is 0 Å². The zero-order valence-electron chi connectivity index (χ0n) is 17.2. The van der Waals surface area contributed by atoms with Gasteiger partial charge in [-0.15, -0.1) is 0 Å². The summed E-state index contributed by atoms with van der Waals surface area (Å²) in [5.41, 5.74) is 1.28. The molecule has 0 radical (unpaired) electrons. The first-order valence-electron chi connectivity index (χ1n) is 10.1. The molecule has 0 bridgehead atoms. The Bertz CT molecular complexity index is 1200. The number of urea groups is 1. The Hall–Kier alpha value is -3.61. The molecule has 1 saturated heterocycles. The summed E-state index contributed by atoms with van der Waals surface area (Å²) in [6.45, 7) is 0.904. The summed E-state index contributed by atoms with van der Waals surface area (Å²) in [6.07, 6.45) is 1.56. The largest absolute Gasteiger partial charge is 0.467 e. The average Bonchev–Trinajstić information content (AvgIpc) is 3.38. The summed E-state index contributed by atoms with van der Waals surface area (Å²) in [7, 11) is -3.69. The molecule has 2 amide bonds. The number of benzene rings is 2. The summed E-state index contributed by atoms with van der Waals surface area (Å²) in [4.78, 5) is 14.7. The molecule has 0 saturated carbocycles. The fourth-order valence-electron chi connectivity index (χ4n) is 3.62. The van der Waals surface area contributed by atoms with Crippen LogP contribution in [0.25, 0.3) is 0 Å². The number of rotatable bonds is 5. The minimum Gasteiger partial charge on any atom is -0.467 e. The summed E-state index contributed by atoms with van der Waals surface area (Å²) >= 11 is 0. The first-order valence-corrected chi connectivity index (χ1v) is 11.6. The normalized spacial score (nSPS) is 15.7. The lowest BCUT2D eigenvalue weighted by molar-refractivity contribution is 0.169. The number of hydrogen-bond acceptors (Lipinski definition) is 5. The van der Waals surface area contributed by atoms with Gasteiger partial charge in [-0.1, -0.05) is 30.3 Å². The molecule has 1 unspecified atom stereocenters. The number of carbonyl (C=O) groups excluding carboxylic acids is 1. The monoisotopic (exact) mass is 450 g/mol. The van der Waals surface area contributed by atoms with Gasteiger partial charge in [0, 0.05) is 26.2 Å². The maximum Gasteiger partial charge on any atom is 0.318 e. The summed E-state index contributed by atoms with van der Waals surface area (Å²) in [6, 6.07) is 20.2. The van der Waals surface area contributed by atoms with Gasteiger partial charge in [0.2, 0.25) is 10.0 Å². The quantitative estimate of drug-likeness (QED) is 0.643. The number of nitrogens with zero attached hydrogens (tertiary/aromatic N) is 3. The Morgan fingerprint density at radius 3 is 2.25 bits per heavy atom. The molecule has 3 aromatic rings. The van der Waals surface area contributed by atoms with Crippen LogP contribution < -0.4 is 5.32 Å². The minimum atomic E-state index is -3.69. The van der Waals surface area contributed by atoms with Crippen LogP contribution >= 0.6 is 0 Å². The van der Waals surface area contributed by atoms with Gasteiger partial charge in [0.25, 0.3) is 0 Å². The van der Waals surface area contributed by atoms with Gasteiger partial charge in [0.1, 0.15) is 11.8 Å². The van der Waals surface area contributed by atoms with Crippen molar-refractivity contribution < 1.29 is 17.6 Å². The van der Waals surface area contributed by atoms with Gasteiger partial charge in [-0.25, -0.2) is 13.2 Å². The fraction of sp³-hybridized carbons (Fsp3) is 0.217. The third-order valence-electron chi connectivity index (χ3n) is 5.38. The van der Waals surface area contributed by atoms with Crippen LogP contribution in [0.1, 0.15) is 22.9 Å². The predicted octanol–water partition coefficient (Wildman–Crippen LogP) is 2.96. The molecular formula is C23H22N4O4S. The summed E-state index contributed by atoms with van der Waals surface area (Å²) in [5, 5.41) is 11.9. The van der Waals surface area contributed by atoms with Crippen molar-refractivity contribution in [2.75, 3.05) is 26.2 Å². The van der Waals surface area contributed by atoms with Crippen LogP contribution in [-0.4, -0.2) is 49.8 Å². The Morgan fingerprint density at radius 2 is 1.66 bits per heavy atom. The molecule has 1 aliphatic heterocycles. The third kappa shape index (κ3) is 4.51. The lowest BCUT2D eigenvalue weighted by Gasteiger charge is -2.34. The lowest BCUT2D eigenvalue weighted by Crippen LogP contribution is -2.53. The van der Waals surface area contributed by atoms with Gasteiger partial charge in [-0.05, 0) is 42.0 Å². The van der Waals surface area contributed by atoms with E-state index in [9.17, 15) is 13.2 Å². The number of sulfonamides is 1. The van der Waals surface area contributed by atoms with Crippen LogP contribution in [0.4, 0.5) is 4.79 Å². The van der Waals surface area contributed by atoms with Gasteiger partial charge in [0.05, 0.1) is 22.8 Å². The van der Waals surface area contributed by atoms with Crippen molar-refractivity contribution in [3.05, 3.63) is 89.9 Å². The second kappa shape index (κ2) is 9.26. The molecule has 0 aliphatic carbocycles. The van der Waals surface area contributed by atoms with Crippen molar-refractivity contribution in [1.29, 1.82) is 5.26 Å². The SMILES string of the molecule is N#Cc1ccc(S(=O)(=O)N2CCN(C(=O)NC(c3ccccc3)c3ccco3)CC2)cc1. The first kappa shape index (κ1) is 21.6. The molecule has 1 N–H and O–H groups in total. The topological polar surface area (TPSA) is 107 Å². The average molecular weight is 451 g/mol. The molecule has 2 aromatic carbocycles. The van der Waals surface area contributed by atoms with E-state index in [1.54, 1.807) is 23.3 Å². The number of hydrogen-bond donors (Lipinski definition) is 1. The number of nitrogens with one attached hydrogen (secondary N) is 1.